The molecule has 0 saturated carbocycles. The van der Waals surface area contributed by atoms with Crippen molar-refractivity contribution in [1.29, 1.82) is 0 Å². The number of halogens is 2. The summed E-state index contributed by atoms with van der Waals surface area (Å²) in [5.74, 6) is 0.383. The van der Waals surface area contributed by atoms with E-state index in [9.17, 15) is 17.2 Å². The molecule has 0 fully saturated rings. The zero-order chi connectivity index (χ0) is 21.5. The molecule has 3 aromatic heterocycles. The van der Waals surface area contributed by atoms with E-state index in [1.807, 2.05) is 0 Å². The van der Waals surface area contributed by atoms with Crippen molar-refractivity contribution in [2.45, 2.75) is 11.3 Å². The Bertz CT molecular complexity index is 1330. The van der Waals surface area contributed by atoms with E-state index in [-0.39, 0.29) is 22.0 Å². The number of pyridine rings is 1. The summed E-state index contributed by atoms with van der Waals surface area (Å²) >= 11 is 0. The predicted octanol–water partition coefficient (Wildman–Crippen LogP) is 2.90. The maximum Gasteiger partial charge on any atom is 0.265 e. The molecule has 0 atom stereocenters. The average Bonchev–Trinajstić information content (AvgIpc) is 3.36. The Kier molecular flexibility index (Phi) is 4.86. The van der Waals surface area contributed by atoms with Crippen LogP contribution in [0.5, 0.6) is 5.75 Å². The number of sulfonamides is 1. The third-order valence-corrected chi connectivity index (χ3v) is 5.75. The number of aryl methyl sites for hydroxylation is 1. The number of nitrogens with one attached hydrogen (secondary N) is 1. The standard InChI is InChI=1S/C18H16F2N6O3S/c1-25-17-12(8-22-25)3-4-14(29-2)16(17)24-30(27,28)13-9-23-26(10-13)15-7-11(18(19)20)5-6-21-15/h3-10,18,24H,1-2H3. The van der Waals surface area contributed by atoms with Crippen molar-refractivity contribution < 1.29 is 21.9 Å². The van der Waals surface area contributed by atoms with Gasteiger partial charge in [-0.2, -0.15) is 10.2 Å². The second-order valence-corrected chi connectivity index (χ2v) is 8.01. The normalized spacial score (nSPS) is 11.9. The molecule has 0 aliphatic carbocycles. The molecule has 156 valence electrons. The lowest BCUT2D eigenvalue weighted by atomic mass is 10.2. The monoisotopic (exact) mass is 434 g/mol. The molecule has 0 amide bonds. The summed E-state index contributed by atoms with van der Waals surface area (Å²) < 4.78 is 62.2. The minimum Gasteiger partial charge on any atom is -0.494 e. The van der Waals surface area contributed by atoms with Crippen LogP contribution in [0, 0.1) is 0 Å². The quantitative estimate of drug-likeness (QED) is 0.501. The van der Waals surface area contributed by atoms with E-state index in [0.717, 1.165) is 22.3 Å². The highest BCUT2D eigenvalue weighted by Crippen LogP contribution is 2.34. The van der Waals surface area contributed by atoms with Gasteiger partial charge in [0, 0.05) is 24.2 Å². The van der Waals surface area contributed by atoms with Gasteiger partial charge in [0.15, 0.2) is 5.82 Å². The fourth-order valence-electron chi connectivity index (χ4n) is 2.98. The highest BCUT2D eigenvalue weighted by Gasteiger charge is 2.22. The van der Waals surface area contributed by atoms with E-state index in [0.29, 0.717) is 11.3 Å². The Morgan fingerprint density at radius 3 is 2.70 bits per heavy atom. The summed E-state index contributed by atoms with van der Waals surface area (Å²) in [6, 6.07) is 5.71. The summed E-state index contributed by atoms with van der Waals surface area (Å²) in [5, 5.41) is 8.81. The van der Waals surface area contributed by atoms with E-state index < -0.39 is 16.4 Å². The summed E-state index contributed by atoms with van der Waals surface area (Å²) in [7, 11) is -0.971. The molecule has 4 rings (SSSR count). The first-order valence-electron chi connectivity index (χ1n) is 8.61. The van der Waals surface area contributed by atoms with Crippen LogP contribution in [0.3, 0.4) is 0 Å². The van der Waals surface area contributed by atoms with E-state index in [1.54, 1.807) is 25.4 Å². The Balaban J connectivity index is 1.72. The van der Waals surface area contributed by atoms with Gasteiger partial charge in [-0.25, -0.2) is 26.9 Å². The summed E-state index contributed by atoms with van der Waals surface area (Å²) in [4.78, 5) is 3.79. The SMILES string of the molecule is COc1ccc2cnn(C)c2c1NS(=O)(=O)c1cnn(-c2cc(C(F)F)ccn2)c1. The number of rotatable bonds is 6. The van der Waals surface area contributed by atoms with Crippen molar-refractivity contribution in [3.05, 3.63) is 54.6 Å². The number of methoxy groups -OCH3 is 1. The lowest BCUT2D eigenvalue weighted by Gasteiger charge is -2.13. The largest absolute Gasteiger partial charge is 0.494 e. The van der Waals surface area contributed by atoms with Crippen molar-refractivity contribution in [2.75, 3.05) is 11.8 Å². The molecule has 0 unspecified atom stereocenters. The molecule has 1 aromatic carbocycles. The van der Waals surface area contributed by atoms with Gasteiger partial charge in [-0.05, 0) is 24.3 Å². The second kappa shape index (κ2) is 7.37. The first-order valence-corrected chi connectivity index (χ1v) is 10.1. The van der Waals surface area contributed by atoms with Crippen LogP contribution < -0.4 is 9.46 Å². The number of benzene rings is 1. The molecular weight excluding hydrogens is 418 g/mol. The van der Waals surface area contributed by atoms with Crippen molar-refractivity contribution >= 4 is 26.6 Å². The molecule has 12 heteroatoms. The van der Waals surface area contributed by atoms with Crippen LogP contribution in [0.25, 0.3) is 16.7 Å². The Labute approximate surface area is 170 Å². The van der Waals surface area contributed by atoms with Gasteiger partial charge in [-0.1, -0.05) is 0 Å². The van der Waals surface area contributed by atoms with Gasteiger partial charge in [-0.3, -0.25) is 9.40 Å². The van der Waals surface area contributed by atoms with Crippen molar-refractivity contribution in [2.24, 2.45) is 7.05 Å². The van der Waals surface area contributed by atoms with Gasteiger partial charge >= 0.3 is 0 Å². The molecule has 9 nitrogen and oxygen atoms in total. The van der Waals surface area contributed by atoms with Crippen molar-refractivity contribution in [3.8, 4) is 11.6 Å². The average molecular weight is 434 g/mol. The molecule has 3 heterocycles. The van der Waals surface area contributed by atoms with Crippen LogP contribution in [0.2, 0.25) is 0 Å². The molecule has 0 radical (unpaired) electrons. The van der Waals surface area contributed by atoms with Gasteiger partial charge in [0.05, 0.1) is 31.2 Å². The maximum absolute atomic E-state index is 13.0. The highest BCUT2D eigenvalue weighted by molar-refractivity contribution is 7.92. The fourth-order valence-corrected chi connectivity index (χ4v) is 3.98. The van der Waals surface area contributed by atoms with Gasteiger partial charge in [0.2, 0.25) is 0 Å². The van der Waals surface area contributed by atoms with E-state index in [4.69, 9.17) is 4.74 Å². The van der Waals surface area contributed by atoms with Gasteiger partial charge < -0.3 is 4.74 Å². The Morgan fingerprint density at radius 2 is 1.97 bits per heavy atom. The summed E-state index contributed by atoms with van der Waals surface area (Å²) in [6.45, 7) is 0. The van der Waals surface area contributed by atoms with Crippen molar-refractivity contribution in [1.82, 2.24) is 24.5 Å². The third-order valence-electron chi connectivity index (χ3n) is 4.45. The number of hydrogen-bond acceptors (Lipinski definition) is 6. The lowest BCUT2D eigenvalue weighted by molar-refractivity contribution is 0.151. The minimum absolute atomic E-state index is 0.0700. The molecule has 4 aromatic rings. The van der Waals surface area contributed by atoms with Crippen LogP contribution in [-0.2, 0) is 17.1 Å². The number of fused-ring (bicyclic) bond motifs is 1. The summed E-state index contributed by atoms with van der Waals surface area (Å²) in [5.41, 5.74) is 0.517. The Morgan fingerprint density at radius 1 is 1.17 bits per heavy atom. The molecule has 0 bridgehead atoms. The zero-order valence-electron chi connectivity index (χ0n) is 15.8. The number of alkyl halides is 2. The summed E-state index contributed by atoms with van der Waals surface area (Å²) in [6.07, 6.45) is 2.43. The smallest absolute Gasteiger partial charge is 0.265 e. The number of nitrogens with zero attached hydrogens (tertiary/aromatic N) is 5. The molecule has 0 saturated heterocycles. The Hall–Kier alpha value is -3.54. The molecule has 1 N–H and O–H groups in total. The molecule has 0 aliphatic heterocycles. The topological polar surface area (TPSA) is 104 Å². The van der Waals surface area contributed by atoms with Gasteiger partial charge in [0.1, 0.15) is 16.3 Å². The maximum atomic E-state index is 13.0. The van der Waals surface area contributed by atoms with Crippen LogP contribution in [0.4, 0.5) is 14.5 Å². The van der Waals surface area contributed by atoms with Crippen LogP contribution >= 0.6 is 0 Å². The minimum atomic E-state index is -4.08. The van der Waals surface area contributed by atoms with Crippen molar-refractivity contribution in [3.63, 3.8) is 0 Å². The number of aromatic nitrogens is 5. The number of hydrogen-bond donors (Lipinski definition) is 1. The van der Waals surface area contributed by atoms with E-state index in [1.165, 1.54) is 30.3 Å². The van der Waals surface area contributed by atoms with Gasteiger partial charge in [0.25, 0.3) is 16.4 Å². The van der Waals surface area contributed by atoms with E-state index in [2.05, 4.69) is 19.9 Å². The predicted molar refractivity (Wildman–Crippen MR) is 104 cm³/mol. The van der Waals surface area contributed by atoms with E-state index >= 15 is 0 Å². The lowest BCUT2D eigenvalue weighted by Crippen LogP contribution is -2.14. The number of ether oxygens (including phenoxy) is 1. The highest BCUT2D eigenvalue weighted by atomic mass is 32.2. The van der Waals surface area contributed by atoms with Crippen LogP contribution in [-0.4, -0.2) is 40.1 Å². The fraction of sp³-hybridized carbons (Fsp3) is 0.167. The number of anilines is 1. The molecule has 0 aliphatic rings. The molecule has 30 heavy (non-hydrogen) atoms. The molecule has 0 spiro atoms. The third kappa shape index (κ3) is 3.45. The first-order chi connectivity index (χ1) is 14.3. The van der Waals surface area contributed by atoms with Crippen LogP contribution in [0.1, 0.15) is 12.0 Å². The van der Waals surface area contributed by atoms with Crippen LogP contribution in [0.15, 0.2) is 53.9 Å². The molecular formula is C18H16F2N6O3S. The first kappa shape index (κ1) is 19.8. The zero-order valence-corrected chi connectivity index (χ0v) is 16.6. The van der Waals surface area contributed by atoms with Gasteiger partial charge in [-0.15, -0.1) is 0 Å². The second-order valence-electron chi connectivity index (χ2n) is 6.32.